The Kier molecular flexibility index (Phi) is 11.0. The molecule has 0 aliphatic heterocycles. The number of carbonyl (C=O) groups excluding carboxylic acids is 3. The lowest BCUT2D eigenvalue weighted by molar-refractivity contribution is -0.142. The molecule has 5 atom stereocenters. The molecule has 0 radical (unpaired) electrons. The summed E-state index contributed by atoms with van der Waals surface area (Å²) in [4.78, 5) is 49.9. The summed E-state index contributed by atoms with van der Waals surface area (Å²) in [7, 11) is 0. The Balaban J connectivity index is 2.13. The van der Waals surface area contributed by atoms with Crippen molar-refractivity contribution in [1.29, 1.82) is 0 Å². The highest BCUT2D eigenvalue weighted by Gasteiger charge is 2.31. The predicted molar refractivity (Wildman–Crippen MR) is 132 cm³/mol. The van der Waals surface area contributed by atoms with Gasteiger partial charge in [-0.2, -0.15) is 0 Å². The van der Waals surface area contributed by atoms with E-state index in [2.05, 4.69) is 16.0 Å². The summed E-state index contributed by atoms with van der Waals surface area (Å²) in [5.41, 5.74) is 6.87. The molecule has 2 aromatic rings. The zero-order valence-electron chi connectivity index (χ0n) is 20.2. The SMILES string of the molecule is C[C@@H](O)[C@H](N)C(=O)N[C@@H](Cc1ccccc1)C(=O)N[C@@H](CO)C(=O)N[C@@H](Cc1ccc(O)cc1)C(=O)O. The van der Waals surface area contributed by atoms with Crippen molar-refractivity contribution in [2.75, 3.05) is 6.61 Å². The van der Waals surface area contributed by atoms with E-state index in [1.165, 1.54) is 31.2 Å². The van der Waals surface area contributed by atoms with Gasteiger partial charge >= 0.3 is 5.97 Å². The summed E-state index contributed by atoms with van der Waals surface area (Å²) >= 11 is 0. The highest BCUT2D eigenvalue weighted by molar-refractivity contribution is 5.94. The molecule has 0 saturated heterocycles. The van der Waals surface area contributed by atoms with E-state index in [9.17, 15) is 39.6 Å². The Morgan fingerprint density at radius 1 is 0.784 bits per heavy atom. The van der Waals surface area contributed by atoms with E-state index >= 15 is 0 Å². The second kappa shape index (κ2) is 13.9. The molecule has 0 aliphatic rings. The Morgan fingerprint density at radius 2 is 1.27 bits per heavy atom. The second-order valence-electron chi connectivity index (χ2n) is 8.53. The molecule has 3 amide bonds. The monoisotopic (exact) mass is 516 g/mol. The molecule has 9 N–H and O–H groups in total. The molecule has 0 unspecified atom stereocenters. The number of phenols is 1. The van der Waals surface area contributed by atoms with E-state index in [0.29, 0.717) is 11.1 Å². The summed E-state index contributed by atoms with van der Waals surface area (Å²) < 4.78 is 0. The number of carboxylic acids is 1. The molecule has 0 fully saturated rings. The predicted octanol–water partition coefficient (Wildman–Crippen LogP) is -1.58. The molecule has 12 nitrogen and oxygen atoms in total. The Hall–Kier alpha value is -4.00. The van der Waals surface area contributed by atoms with Gasteiger partial charge in [0.25, 0.3) is 0 Å². The van der Waals surface area contributed by atoms with E-state index < -0.39 is 60.6 Å². The van der Waals surface area contributed by atoms with Gasteiger partial charge in [0, 0.05) is 12.8 Å². The number of benzene rings is 2. The first-order valence-corrected chi connectivity index (χ1v) is 11.5. The molecule has 0 bridgehead atoms. The number of aliphatic hydroxyl groups is 2. The Bertz CT molecular complexity index is 1060. The average molecular weight is 517 g/mol. The zero-order valence-corrected chi connectivity index (χ0v) is 20.2. The van der Waals surface area contributed by atoms with E-state index in [-0.39, 0.29) is 18.6 Å². The van der Waals surface area contributed by atoms with Gasteiger partial charge in [0.05, 0.1) is 12.7 Å². The fourth-order valence-corrected chi connectivity index (χ4v) is 3.35. The van der Waals surface area contributed by atoms with E-state index in [1.807, 2.05) is 0 Å². The van der Waals surface area contributed by atoms with Crippen LogP contribution in [0.4, 0.5) is 0 Å². The third-order valence-corrected chi connectivity index (χ3v) is 5.54. The van der Waals surface area contributed by atoms with Crippen LogP contribution in [0.25, 0.3) is 0 Å². The number of hydrogen-bond donors (Lipinski definition) is 8. The second-order valence-corrected chi connectivity index (χ2v) is 8.53. The number of aliphatic hydroxyl groups excluding tert-OH is 2. The van der Waals surface area contributed by atoms with E-state index in [1.54, 1.807) is 30.3 Å². The fourth-order valence-electron chi connectivity index (χ4n) is 3.35. The lowest BCUT2D eigenvalue weighted by atomic mass is 10.0. The lowest BCUT2D eigenvalue weighted by Crippen LogP contribution is -2.59. The van der Waals surface area contributed by atoms with Crippen LogP contribution in [-0.4, -0.2) is 81.0 Å². The standard InChI is InChI=1S/C25H32N4O8/c1-14(31)21(26)24(35)27-18(11-15-5-3-2-4-6-15)22(33)29-20(13-30)23(34)28-19(25(36)37)12-16-7-9-17(32)10-8-16/h2-10,14,18-21,30-32H,11-13,26H2,1H3,(H,27,35)(H,28,34)(H,29,33)(H,36,37)/t14-,18+,19+,20+,21+/m1/s1. The molecule has 2 rings (SSSR count). The summed E-state index contributed by atoms with van der Waals surface area (Å²) in [6.45, 7) is 0.474. The minimum absolute atomic E-state index is 0.00531. The van der Waals surface area contributed by atoms with Gasteiger partial charge in [0.15, 0.2) is 0 Å². The van der Waals surface area contributed by atoms with E-state index in [0.717, 1.165) is 0 Å². The van der Waals surface area contributed by atoms with Crippen LogP contribution in [-0.2, 0) is 32.0 Å². The van der Waals surface area contributed by atoms with Gasteiger partial charge in [-0.1, -0.05) is 42.5 Å². The maximum absolute atomic E-state index is 13.0. The van der Waals surface area contributed by atoms with Gasteiger partial charge in [-0.25, -0.2) is 4.79 Å². The number of carboxylic acid groups (broad SMARTS) is 1. The van der Waals surface area contributed by atoms with Crippen molar-refractivity contribution in [3.63, 3.8) is 0 Å². The average Bonchev–Trinajstić information content (AvgIpc) is 2.87. The number of nitrogens with two attached hydrogens (primary N) is 1. The van der Waals surface area contributed by atoms with Crippen molar-refractivity contribution >= 4 is 23.7 Å². The van der Waals surface area contributed by atoms with Gasteiger partial charge < -0.3 is 42.1 Å². The van der Waals surface area contributed by atoms with Crippen LogP contribution >= 0.6 is 0 Å². The van der Waals surface area contributed by atoms with Gasteiger partial charge in [-0.15, -0.1) is 0 Å². The van der Waals surface area contributed by atoms with Crippen molar-refractivity contribution in [3.05, 3.63) is 65.7 Å². The molecule has 0 aliphatic carbocycles. The Labute approximate surface area is 213 Å². The summed E-state index contributed by atoms with van der Waals surface area (Å²) in [5, 5.41) is 45.3. The molecule has 2 aromatic carbocycles. The first-order chi connectivity index (χ1) is 17.5. The molecule has 0 heterocycles. The normalized spacial score (nSPS) is 14.9. The van der Waals surface area contributed by atoms with Crippen LogP contribution in [0.1, 0.15) is 18.1 Å². The van der Waals surface area contributed by atoms with Crippen molar-refractivity contribution in [1.82, 2.24) is 16.0 Å². The van der Waals surface area contributed by atoms with Crippen LogP contribution in [0.3, 0.4) is 0 Å². The minimum atomic E-state index is -1.52. The van der Waals surface area contributed by atoms with Crippen LogP contribution in [0.15, 0.2) is 54.6 Å². The van der Waals surface area contributed by atoms with Gasteiger partial charge in [0.2, 0.25) is 17.7 Å². The number of aromatic hydroxyl groups is 1. The third-order valence-electron chi connectivity index (χ3n) is 5.54. The van der Waals surface area contributed by atoms with Crippen LogP contribution in [0, 0.1) is 0 Å². The highest BCUT2D eigenvalue weighted by atomic mass is 16.4. The lowest BCUT2D eigenvalue weighted by Gasteiger charge is -2.25. The number of nitrogens with one attached hydrogen (secondary N) is 3. The molecule has 12 heteroatoms. The first kappa shape index (κ1) is 29.2. The summed E-state index contributed by atoms with van der Waals surface area (Å²) in [6, 6.07) is 8.99. The number of phenolic OH excluding ortho intramolecular Hbond substituents is 1. The fraction of sp³-hybridized carbons (Fsp3) is 0.360. The molecule has 37 heavy (non-hydrogen) atoms. The molecular formula is C25H32N4O8. The maximum atomic E-state index is 13.0. The highest BCUT2D eigenvalue weighted by Crippen LogP contribution is 2.12. The van der Waals surface area contributed by atoms with Crippen molar-refractivity contribution in [2.45, 2.75) is 50.0 Å². The van der Waals surface area contributed by atoms with Gasteiger partial charge in [-0.3, -0.25) is 14.4 Å². The largest absolute Gasteiger partial charge is 0.508 e. The molecule has 0 aromatic heterocycles. The van der Waals surface area contributed by atoms with Crippen molar-refractivity contribution < 1.29 is 39.6 Å². The molecule has 0 spiro atoms. The van der Waals surface area contributed by atoms with Crippen molar-refractivity contribution in [3.8, 4) is 5.75 Å². The van der Waals surface area contributed by atoms with E-state index in [4.69, 9.17) is 5.73 Å². The third kappa shape index (κ3) is 9.18. The van der Waals surface area contributed by atoms with Gasteiger partial charge in [-0.05, 0) is 30.2 Å². The van der Waals surface area contributed by atoms with Crippen LogP contribution in [0.5, 0.6) is 5.75 Å². The zero-order chi connectivity index (χ0) is 27.5. The smallest absolute Gasteiger partial charge is 0.326 e. The van der Waals surface area contributed by atoms with Gasteiger partial charge in [0.1, 0.15) is 29.9 Å². The summed E-state index contributed by atoms with van der Waals surface area (Å²) in [6.07, 6.45) is -1.28. The number of rotatable bonds is 13. The number of amides is 3. The van der Waals surface area contributed by atoms with Crippen molar-refractivity contribution in [2.24, 2.45) is 5.73 Å². The van der Waals surface area contributed by atoms with Crippen LogP contribution in [0.2, 0.25) is 0 Å². The quantitative estimate of drug-likeness (QED) is 0.154. The Morgan fingerprint density at radius 3 is 1.81 bits per heavy atom. The maximum Gasteiger partial charge on any atom is 0.326 e. The molecule has 0 saturated carbocycles. The minimum Gasteiger partial charge on any atom is -0.508 e. The number of carbonyl (C=O) groups is 4. The molecule has 200 valence electrons. The topological polar surface area (TPSA) is 211 Å². The number of aliphatic carboxylic acids is 1. The number of hydrogen-bond acceptors (Lipinski definition) is 8. The van der Waals surface area contributed by atoms with Crippen LogP contribution < -0.4 is 21.7 Å². The molecular weight excluding hydrogens is 484 g/mol. The first-order valence-electron chi connectivity index (χ1n) is 11.5. The summed E-state index contributed by atoms with van der Waals surface area (Å²) in [5.74, 6) is -3.92.